The highest BCUT2D eigenvalue weighted by Crippen LogP contribution is 2.17. The second kappa shape index (κ2) is 7.08. The van der Waals surface area contributed by atoms with E-state index >= 15 is 0 Å². The van der Waals surface area contributed by atoms with E-state index in [0.29, 0.717) is 28.5 Å². The lowest BCUT2D eigenvalue weighted by atomic mass is 10.2. The van der Waals surface area contributed by atoms with Crippen molar-refractivity contribution in [2.45, 2.75) is 6.54 Å². The summed E-state index contributed by atoms with van der Waals surface area (Å²) in [4.78, 5) is 17.4. The molecule has 0 aliphatic carbocycles. The van der Waals surface area contributed by atoms with Gasteiger partial charge >= 0.3 is 0 Å². The van der Waals surface area contributed by atoms with Crippen LogP contribution >= 0.6 is 22.9 Å². The van der Waals surface area contributed by atoms with Crippen LogP contribution in [-0.4, -0.2) is 24.2 Å². The standard InChI is InChI=1S/C17H15ClN2O2S/c1-22-10-9-20-14-7-2-3-8-15(14)23-17(20)19-16(21)12-5-4-6-13(18)11-12/h2-8,11H,9-10H2,1H3. The van der Waals surface area contributed by atoms with Gasteiger partial charge in [-0.1, -0.05) is 41.1 Å². The van der Waals surface area contributed by atoms with Crippen LogP contribution in [-0.2, 0) is 11.3 Å². The highest BCUT2D eigenvalue weighted by Gasteiger charge is 2.09. The molecule has 118 valence electrons. The predicted octanol–water partition coefficient (Wildman–Crippen LogP) is 3.74. The molecule has 0 saturated heterocycles. The number of fused-ring (bicyclic) bond motifs is 1. The fourth-order valence-corrected chi connectivity index (χ4v) is 3.52. The molecule has 0 spiro atoms. The van der Waals surface area contributed by atoms with E-state index in [9.17, 15) is 4.79 Å². The fourth-order valence-electron chi connectivity index (χ4n) is 2.28. The van der Waals surface area contributed by atoms with Crippen molar-refractivity contribution in [3.63, 3.8) is 0 Å². The number of hydrogen-bond acceptors (Lipinski definition) is 3. The molecule has 3 aromatic rings. The number of amides is 1. The molecule has 23 heavy (non-hydrogen) atoms. The predicted molar refractivity (Wildman–Crippen MR) is 93.0 cm³/mol. The molecule has 0 aliphatic heterocycles. The molecule has 1 aromatic heterocycles. The average Bonchev–Trinajstić information content (AvgIpc) is 2.90. The Morgan fingerprint density at radius 2 is 2.09 bits per heavy atom. The number of ether oxygens (including phenoxy) is 1. The molecule has 0 radical (unpaired) electrons. The van der Waals surface area contributed by atoms with Crippen molar-refractivity contribution >= 4 is 39.1 Å². The summed E-state index contributed by atoms with van der Waals surface area (Å²) in [6, 6.07) is 14.8. The Hall–Kier alpha value is -1.95. The molecule has 0 fully saturated rings. The van der Waals surface area contributed by atoms with Gasteiger partial charge in [0.15, 0.2) is 4.80 Å². The van der Waals surface area contributed by atoms with Crippen LogP contribution in [0.1, 0.15) is 10.4 Å². The van der Waals surface area contributed by atoms with E-state index in [-0.39, 0.29) is 5.91 Å². The Morgan fingerprint density at radius 3 is 2.87 bits per heavy atom. The number of methoxy groups -OCH3 is 1. The Morgan fingerprint density at radius 1 is 1.26 bits per heavy atom. The number of benzene rings is 2. The molecule has 1 amide bonds. The van der Waals surface area contributed by atoms with Gasteiger partial charge in [0.05, 0.1) is 16.8 Å². The molecule has 0 atom stereocenters. The minimum Gasteiger partial charge on any atom is -0.383 e. The summed E-state index contributed by atoms with van der Waals surface area (Å²) in [5.41, 5.74) is 1.53. The summed E-state index contributed by atoms with van der Waals surface area (Å²) in [6.07, 6.45) is 0. The van der Waals surface area contributed by atoms with Gasteiger partial charge in [-0.2, -0.15) is 4.99 Å². The molecule has 3 rings (SSSR count). The van der Waals surface area contributed by atoms with Crippen molar-refractivity contribution in [3.05, 3.63) is 63.9 Å². The maximum absolute atomic E-state index is 12.4. The summed E-state index contributed by atoms with van der Waals surface area (Å²) in [6.45, 7) is 1.20. The third-order valence-electron chi connectivity index (χ3n) is 3.38. The first-order valence-electron chi connectivity index (χ1n) is 7.11. The Labute approximate surface area is 142 Å². The monoisotopic (exact) mass is 346 g/mol. The van der Waals surface area contributed by atoms with Crippen molar-refractivity contribution in [1.29, 1.82) is 0 Å². The number of thiazole rings is 1. The summed E-state index contributed by atoms with van der Waals surface area (Å²) in [5.74, 6) is -0.301. The number of halogens is 1. The van der Waals surface area contributed by atoms with Gasteiger partial charge in [0.2, 0.25) is 0 Å². The third kappa shape index (κ3) is 3.52. The summed E-state index contributed by atoms with van der Waals surface area (Å²) >= 11 is 7.43. The van der Waals surface area contributed by atoms with E-state index in [2.05, 4.69) is 4.99 Å². The number of nitrogens with zero attached hydrogens (tertiary/aromatic N) is 2. The second-order valence-electron chi connectivity index (χ2n) is 4.92. The molecule has 6 heteroatoms. The summed E-state index contributed by atoms with van der Waals surface area (Å²) in [7, 11) is 1.66. The molecular weight excluding hydrogens is 332 g/mol. The average molecular weight is 347 g/mol. The molecule has 2 aromatic carbocycles. The first-order valence-corrected chi connectivity index (χ1v) is 8.30. The van der Waals surface area contributed by atoms with Gasteiger partial charge in [0, 0.05) is 24.2 Å². The first-order chi connectivity index (χ1) is 11.2. The van der Waals surface area contributed by atoms with Crippen molar-refractivity contribution < 1.29 is 9.53 Å². The quantitative estimate of drug-likeness (QED) is 0.722. The van der Waals surface area contributed by atoms with Crippen molar-refractivity contribution in [3.8, 4) is 0 Å². The van der Waals surface area contributed by atoms with Crippen LogP contribution in [0.25, 0.3) is 10.2 Å². The lowest BCUT2D eigenvalue weighted by Crippen LogP contribution is -2.19. The van der Waals surface area contributed by atoms with Gasteiger partial charge < -0.3 is 9.30 Å². The third-order valence-corrected chi connectivity index (χ3v) is 4.67. The second-order valence-corrected chi connectivity index (χ2v) is 6.37. The van der Waals surface area contributed by atoms with Crippen molar-refractivity contribution in [2.75, 3.05) is 13.7 Å². The van der Waals surface area contributed by atoms with Gasteiger partial charge in [-0.05, 0) is 30.3 Å². The van der Waals surface area contributed by atoms with Crippen LogP contribution in [0.15, 0.2) is 53.5 Å². The highest BCUT2D eigenvalue weighted by molar-refractivity contribution is 7.16. The molecule has 0 saturated carbocycles. The first kappa shape index (κ1) is 15.9. The number of para-hydroxylation sites is 1. The van der Waals surface area contributed by atoms with Crippen LogP contribution in [0, 0.1) is 0 Å². The zero-order chi connectivity index (χ0) is 16.2. The molecule has 0 N–H and O–H groups in total. The fraction of sp³-hybridized carbons (Fsp3) is 0.176. The van der Waals surface area contributed by atoms with Crippen molar-refractivity contribution in [1.82, 2.24) is 4.57 Å². The number of carbonyl (C=O) groups is 1. The van der Waals surface area contributed by atoms with Gasteiger partial charge in [-0.15, -0.1) is 0 Å². The van der Waals surface area contributed by atoms with E-state index in [4.69, 9.17) is 16.3 Å². The van der Waals surface area contributed by atoms with Gasteiger partial charge in [-0.25, -0.2) is 0 Å². The maximum Gasteiger partial charge on any atom is 0.279 e. The topological polar surface area (TPSA) is 43.6 Å². The van der Waals surface area contributed by atoms with Gasteiger partial charge in [0.25, 0.3) is 5.91 Å². The normalized spacial score (nSPS) is 12.0. The molecule has 0 bridgehead atoms. The molecule has 1 heterocycles. The number of carbonyl (C=O) groups excluding carboxylic acids is 1. The molecule has 0 aliphatic rings. The van der Waals surface area contributed by atoms with Crippen LogP contribution in [0.2, 0.25) is 5.02 Å². The van der Waals surface area contributed by atoms with Crippen molar-refractivity contribution in [2.24, 2.45) is 4.99 Å². The van der Waals surface area contributed by atoms with E-state index in [1.54, 1.807) is 31.4 Å². The van der Waals surface area contributed by atoms with E-state index in [1.165, 1.54) is 11.3 Å². The lowest BCUT2D eigenvalue weighted by molar-refractivity contribution is 0.0997. The molecule has 0 unspecified atom stereocenters. The largest absolute Gasteiger partial charge is 0.383 e. The van der Waals surface area contributed by atoms with Gasteiger partial charge in [0.1, 0.15) is 0 Å². The Balaban J connectivity index is 2.08. The smallest absolute Gasteiger partial charge is 0.279 e. The molecule has 4 nitrogen and oxygen atoms in total. The van der Waals surface area contributed by atoms with Crippen LogP contribution < -0.4 is 4.80 Å². The van der Waals surface area contributed by atoms with E-state index in [0.717, 1.165) is 10.2 Å². The molecular formula is C17H15ClN2O2S. The number of aromatic nitrogens is 1. The SMILES string of the molecule is COCCn1c(=NC(=O)c2cccc(Cl)c2)sc2ccccc21. The van der Waals surface area contributed by atoms with Crippen LogP contribution in [0.5, 0.6) is 0 Å². The Kier molecular flexibility index (Phi) is 4.91. The van der Waals surface area contributed by atoms with Gasteiger partial charge in [-0.3, -0.25) is 4.79 Å². The van der Waals surface area contributed by atoms with Crippen LogP contribution in [0.3, 0.4) is 0 Å². The maximum atomic E-state index is 12.4. The summed E-state index contributed by atoms with van der Waals surface area (Å²) in [5, 5.41) is 0.523. The zero-order valence-electron chi connectivity index (χ0n) is 12.5. The minimum atomic E-state index is -0.301. The Bertz CT molecular complexity index is 914. The number of rotatable bonds is 4. The number of hydrogen-bond donors (Lipinski definition) is 0. The van der Waals surface area contributed by atoms with E-state index in [1.807, 2.05) is 28.8 Å². The van der Waals surface area contributed by atoms with Crippen LogP contribution in [0.4, 0.5) is 0 Å². The minimum absolute atomic E-state index is 0.301. The zero-order valence-corrected chi connectivity index (χ0v) is 14.1. The highest BCUT2D eigenvalue weighted by atomic mass is 35.5. The van der Waals surface area contributed by atoms with E-state index < -0.39 is 0 Å². The lowest BCUT2D eigenvalue weighted by Gasteiger charge is -2.04. The summed E-state index contributed by atoms with van der Waals surface area (Å²) < 4.78 is 8.25.